The molecule has 5 heteroatoms. The summed E-state index contributed by atoms with van der Waals surface area (Å²) in [5.41, 5.74) is 3.44. The molecule has 1 fully saturated rings. The Kier molecular flexibility index (Phi) is 4.40. The third-order valence-corrected chi connectivity index (χ3v) is 4.90. The van der Waals surface area contributed by atoms with Gasteiger partial charge >= 0.3 is 0 Å². The van der Waals surface area contributed by atoms with Crippen molar-refractivity contribution in [1.82, 2.24) is 20.2 Å². The number of aromatic nitrogens is 4. The lowest BCUT2D eigenvalue weighted by Crippen LogP contribution is -2.23. The molecular formula is C19H23N5. The van der Waals surface area contributed by atoms with E-state index in [1.807, 2.05) is 24.7 Å². The van der Waals surface area contributed by atoms with Crippen LogP contribution in [0.4, 0.5) is 5.82 Å². The number of aryl methyl sites for hydroxylation is 2. The van der Waals surface area contributed by atoms with Crippen LogP contribution in [0, 0.1) is 0 Å². The molecule has 0 amide bonds. The van der Waals surface area contributed by atoms with Gasteiger partial charge in [0.1, 0.15) is 5.82 Å². The van der Waals surface area contributed by atoms with Crippen molar-refractivity contribution in [3.05, 3.63) is 48.0 Å². The number of nitrogens with one attached hydrogen (secondary N) is 2. The van der Waals surface area contributed by atoms with E-state index < -0.39 is 0 Å². The van der Waals surface area contributed by atoms with Crippen molar-refractivity contribution in [2.75, 3.05) is 5.32 Å². The largest absolute Gasteiger partial charge is 0.367 e. The first-order chi connectivity index (χ1) is 11.9. The van der Waals surface area contributed by atoms with Gasteiger partial charge in [0.2, 0.25) is 0 Å². The monoisotopic (exact) mass is 321 g/mol. The lowest BCUT2D eigenvalue weighted by Gasteiger charge is -2.23. The first kappa shape index (κ1) is 15.1. The zero-order valence-corrected chi connectivity index (χ0v) is 13.8. The number of pyridine rings is 2. The number of hydrogen-bond acceptors (Lipinski definition) is 4. The average Bonchev–Trinajstić information content (AvgIpc) is 3.06. The summed E-state index contributed by atoms with van der Waals surface area (Å²) >= 11 is 0. The van der Waals surface area contributed by atoms with Crippen LogP contribution < -0.4 is 5.32 Å². The molecule has 5 nitrogen and oxygen atoms in total. The predicted molar refractivity (Wildman–Crippen MR) is 96.0 cm³/mol. The number of aromatic amines is 1. The van der Waals surface area contributed by atoms with Gasteiger partial charge in [0.05, 0.1) is 10.9 Å². The summed E-state index contributed by atoms with van der Waals surface area (Å²) in [6.45, 7) is 0. The van der Waals surface area contributed by atoms with Gasteiger partial charge in [-0.25, -0.2) is 4.98 Å². The first-order valence-corrected chi connectivity index (χ1v) is 8.87. The van der Waals surface area contributed by atoms with Gasteiger partial charge in [0.15, 0.2) is 0 Å². The maximum atomic E-state index is 4.61. The Morgan fingerprint density at radius 2 is 1.83 bits per heavy atom. The molecular weight excluding hydrogens is 298 g/mol. The molecule has 1 aliphatic rings. The highest BCUT2D eigenvalue weighted by Crippen LogP contribution is 2.27. The Labute approximate surface area is 141 Å². The summed E-state index contributed by atoms with van der Waals surface area (Å²) in [6.07, 6.45) is 13.9. The van der Waals surface area contributed by atoms with Gasteiger partial charge in [-0.3, -0.25) is 10.1 Å². The van der Waals surface area contributed by atoms with Crippen LogP contribution in [0.25, 0.3) is 10.9 Å². The summed E-state index contributed by atoms with van der Waals surface area (Å²) in [4.78, 5) is 8.69. The molecule has 1 aliphatic carbocycles. The highest BCUT2D eigenvalue weighted by molar-refractivity contribution is 5.91. The maximum Gasteiger partial charge on any atom is 0.137 e. The van der Waals surface area contributed by atoms with Crippen LogP contribution in [0.15, 0.2) is 36.8 Å². The van der Waals surface area contributed by atoms with Crippen LogP contribution in [-0.2, 0) is 12.8 Å². The third-order valence-electron chi connectivity index (χ3n) is 4.90. The van der Waals surface area contributed by atoms with E-state index in [4.69, 9.17) is 0 Å². The number of hydrogen-bond donors (Lipinski definition) is 2. The van der Waals surface area contributed by atoms with Crippen LogP contribution in [0.1, 0.15) is 43.4 Å². The van der Waals surface area contributed by atoms with Crippen molar-refractivity contribution in [2.45, 2.75) is 51.0 Å². The maximum absolute atomic E-state index is 4.61. The minimum atomic E-state index is 0.541. The van der Waals surface area contributed by atoms with E-state index >= 15 is 0 Å². The van der Waals surface area contributed by atoms with Crippen LogP contribution in [0.5, 0.6) is 0 Å². The Balaban J connectivity index is 1.57. The molecule has 0 spiro atoms. The number of anilines is 1. The third kappa shape index (κ3) is 3.25. The number of nitrogens with zero attached hydrogens (tertiary/aromatic N) is 3. The van der Waals surface area contributed by atoms with E-state index in [0.717, 1.165) is 35.3 Å². The fraction of sp³-hybridized carbons (Fsp3) is 0.421. The Hall–Kier alpha value is -2.43. The lowest BCUT2D eigenvalue weighted by atomic mass is 9.95. The SMILES string of the molecule is c1cc(CCc2[nH]nc3ccnc(NC4CCCCC4)c23)ccn1. The Morgan fingerprint density at radius 3 is 2.67 bits per heavy atom. The zero-order valence-electron chi connectivity index (χ0n) is 13.8. The van der Waals surface area contributed by atoms with Crippen molar-refractivity contribution >= 4 is 16.7 Å². The quantitative estimate of drug-likeness (QED) is 0.748. The molecule has 0 unspecified atom stereocenters. The second kappa shape index (κ2) is 6.99. The molecule has 3 aromatic heterocycles. The van der Waals surface area contributed by atoms with Crippen molar-refractivity contribution in [3.63, 3.8) is 0 Å². The van der Waals surface area contributed by atoms with E-state index in [1.165, 1.54) is 37.7 Å². The van der Waals surface area contributed by atoms with E-state index in [2.05, 4.69) is 37.6 Å². The topological polar surface area (TPSA) is 66.5 Å². The smallest absolute Gasteiger partial charge is 0.137 e. The molecule has 0 atom stereocenters. The molecule has 0 radical (unpaired) electrons. The molecule has 0 aromatic carbocycles. The molecule has 4 rings (SSSR count). The fourth-order valence-electron chi connectivity index (χ4n) is 3.58. The minimum absolute atomic E-state index is 0.541. The van der Waals surface area contributed by atoms with E-state index in [0.29, 0.717) is 6.04 Å². The van der Waals surface area contributed by atoms with Gasteiger partial charge in [0, 0.05) is 30.3 Å². The summed E-state index contributed by atoms with van der Waals surface area (Å²) in [6, 6.07) is 6.66. The minimum Gasteiger partial charge on any atom is -0.367 e. The van der Waals surface area contributed by atoms with Gasteiger partial charge in [-0.2, -0.15) is 5.10 Å². The summed E-state index contributed by atoms with van der Waals surface area (Å²) in [7, 11) is 0. The molecule has 0 bridgehead atoms. The number of rotatable bonds is 5. The van der Waals surface area contributed by atoms with Crippen molar-refractivity contribution in [2.24, 2.45) is 0 Å². The van der Waals surface area contributed by atoms with Gasteiger partial charge in [-0.15, -0.1) is 0 Å². The highest BCUT2D eigenvalue weighted by atomic mass is 15.1. The lowest BCUT2D eigenvalue weighted by molar-refractivity contribution is 0.462. The summed E-state index contributed by atoms with van der Waals surface area (Å²) in [5.74, 6) is 0.984. The van der Waals surface area contributed by atoms with Crippen molar-refractivity contribution in [1.29, 1.82) is 0 Å². The highest BCUT2D eigenvalue weighted by Gasteiger charge is 2.17. The molecule has 3 aromatic rings. The second-order valence-corrected chi connectivity index (χ2v) is 6.59. The van der Waals surface area contributed by atoms with Crippen LogP contribution in [0.3, 0.4) is 0 Å². The van der Waals surface area contributed by atoms with Crippen molar-refractivity contribution < 1.29 is 0 Å². The Morgan fingerprint density at radius 1 is 1.00 bits per heavy atom. The molecule has 2 N–H and O–H groups in total. The molecule has 3 heterocycles. The number of H-pyrrole nitrogens is 1. The van der Waals surface area contributed by atoms with Crippen LogP contribution in [0.2, 0.25) is 0 Å². The van der Waals surface area contributed by atoms with Crippen LogP contribution >= 0.6 is 0 Å². The molecule has 1 saturated carbocycles. The standard InChI is InChI=1S/C19H23N5/c1-2-4-15(5-3-1)22-19-18-16(23-24-17(18)10-13-21-19)7-6-14-8-11-20-12-9-14/h8-13,15H,1-7H2,(H,21,22)(H,23,24). The molecule has 0 aliphatic heterocycles. The van der Waals surface area contributed by atoms with E-state index in [-0.39, 0.29) is 0 Å². The predicted octanol–water partition coefficient (Wildman–Crippen LogP) is 3.88. The summed E-state index contributed by atoms with van der Waals surface area (Å²) in [5, 5.41) is 12.5. The number of fused-ring (bicyclic) bond motifs is 1. The van der Waals surface area contributed by atoms with Crippen molar-refractivity contribution in [3.8, 4) is 0 Å². The Bertz CT molecular complexity index is 790. The van der Waals surface area contributed by atoms with Gasteiger partial charge in [-0.1, -0.05) is 19.3 Å². The van der Waals surface area contributed by atoms with Gasteiger partial charge in [0.25, 0.3) is 0 Å². The van der Waals surface area contributed by atoms with Crippen LogP contribution in [-0.4, -0.2) is 26.2 Å². The molecule has 24 heavy (non-hydrogen) atoms. The average molecular weight is 321 g/mol. The van der Waals surface area contributed by atoms with E-state index in [9.17, 15) is 0 Å². The second-order valence-electron chi connectivity index (χ2n) is 6.59. The fourth-order valence-corrected chi connectivity index (χ4v) is 3.58. The molecule has 0 saturated heterocycles. The normalized spacial score (nSPS) is 15.7. The first-order valence-electron chi connectivity index (χ1n) is 8.87. The summed E-state index contributed by atoms with van der Waals surface area (Å²) < 4.78 is 0. The molecule has 124 valence electrons. The zero-order chi connectivity index (χ0) is 16.2. The van der Waals surface area contributed by atoms with Gasteiger partial charge < -0.3 is 5.32 Å². The van der Waals surface area contributed by atoms with E-state index in [1.54, 1.807) is 0 Å². The van der Waals surface area contributed by atoms with Gasteiger partial charge in [-0.05, 0) is 49.4 Å².